The highest BCUT2D eigenvalue weighted by Crippen LogP contribution is 2.22. The van der Waals surface area contributed by atoms with Gasteiger partial charge in [-0.25, -0.2) is 0 Å². The lowest BCUT2D eigenvalue weighted by atomic mass is 10.1. The molecule has 0 unspecified atom stereocenters. The molecule has 2 rings (SSSR count). The molecule has 98 valence electrons. The van der Waals surface area contributed by atoms with Crippen molar-refractivity contribution in [2.24, 2.45) is 0 Å². The molecule has 4 heteroatoms. The van der Waals surface area contributed by atoms with Crippen LogP contribution in [0.4, 0.5) is 0 Å². The molecule has 0 spiro atoms. The lowest BCUT2D eigenvalue weighted by Gasteiger charge is -2.03. The molecule has 1 aromatic heterocycles. The number of rotatable bonds is 6. The Morgan fingerprint density at radius 1 is 1.37 bits per heavy atom. The maximum Gasteiger partial charge on any atom is 0.168 e. The molecule has 0 amide bonds. The number of benzene rings is 1. The second-order valence-electron chi connectivity index (χ2n) is 4.00. The molecule has 0 bridgehead atoms. The Bertz CT molecular complexity index is 570. The van der Waals surface area contributed by atoms with Gasteiger partial charge in [0.2, 0.25) is 0 Å². The van der Waals surface area contributed by atoms with Crippen LogP contribution >= 0.6 is 0 Å². The number of nitrogens with zero attached hydrogens (tertiary/aromatic N) is 2. The summed E-state index contributed by atoms with van der Waals surface area (Å²) in [6, 6.07) is 9.42. The molecule has 0 saturated heterocycles. The first-order valence-corrected chi connectivity index (χ1v) is 6.15. The first-order chi connectivity index (χ1) is 9.28. The maximum atomic E-state index is 11.0. The second kappa shape index (κ2) is 6.00. The monoisotopic (exact) mass is 256 g/mol. The van der Waals surface area contributed by atoms with Crippen molar-refractivity contribution in [3.63, 3.8) is 0 Å². The van der Waals surface area contributed by atoms with E-state index >= 15 is 0 Å². The van der Waals surface area contributed by atoms with Gasteiger partial charge in [0.25, 0.3) is 0 Å². The van der Waals surface area contributed by atoms with E-state index in [1.54, 1.807) is 16.8 Å². The van der Waals surface area contributed by atoms with Crippen molar-refractivity contribution < 1.29 is 9.53 Å². The van der Waals surface area contributed by atoms with Crippen LogP contribution in [-0.4, -0.2) is 22.7 Å². The highest BCUT2D eigenvalue weighted by molar-refractivity contribution is 5.76. The third kappa shape index (κ3) is 2.91. The van der Waals surface area contributed by atoms with Crippen LogP contribution in [0.2, 0.25) is 0 Å². The van der Waals surface area contributed by atoms with E-state index in [1.807, 2.05) is 31.2 Å². The van der Waals surface area contributed by atoms with Gasteiger partial charge in [-0.05, 0) is 37.3 Å². The lowest BCUT2D eigenvalue weighted by molar-refractivity contribution is 0.111. The fourth-order valence-electron chi connectivity index (χ4n) is 1.82. The minimum atomic E-state index is 0.519. The Labute approximate surface area is 112 Å². The van der Waals surface area contributed by atoms with Crippen molar-refractivity contribution >= 4 is 6.29 Å². The fourth-order valence-corrected chi connectivity index (χ4v) is 1.82. The van der Waals surface area contributed by atoms with E-state index in [-0.39, 0.29) is 0 Å². The number of allylic oxidation sites excluding steroid dienone is 1. The molecule has 0 N–H and O–H groups in total. The summed E-state index contributed by atoms with van der Waals surface area (Å²) in [7, 11) is 0. The average Bonchev–Trinajstić information content (AvgIpc) is 2.84. The highest BCUT2D eigenvalue weighted by atomic mass is 16.5. The van der Waals surface area contributed by atoms with E-state index in [1.165, 1.54) is 0 Å². The SMILES string of the molecule is C=CCn1nc(-c2ccc(OCC)cc2)cc1C=O. The van der Waals surface area contributed by atoms with Gasteiger partial charge in [-0.15, -0.1) is 6.58 Å². The number of carbonyl (C=O) groups is 1. The van der Waals surface area contributed by atoms with Crippen LogP contribution in [0.3, 0.4) is 0 Å². The summed E-state index contributed by atoms with van der Waals surface area (Å²) in [5, 5.41) is 4.39. The molecule has 19 heavy (non-hydrogen) atoms. The minimum Gasteiger partial charge on any atom is -0.494 e. The van der Waals surface area contributed by atoms with E-state index in [4.69, 9.17) is 4.74 Å². The van der Waals surface area contributed by atoms with Gasteiger partial charge >= 0.3 is 0 Å². The third-order valence-electron chi connectivity index (χ3n) is 2.69. The minimum absolute atomic E-state index is 0.519. The molecular weight excluding hydrogens is 240 g/mol. The van der Waals surface area contributed by atoms with Crippen LogP contribution in [0.15, 0.2) is 43.0 Å². The third-order valence-corrected chi connectivity index (χ3v) is 2.69. The number of hydrogen-bond acceptors (Lipinski definition) is 3. The standard InChI is InChI=1S/C15H16N2O2/c1-3-9-17-13(11-18)10-15(16-17)12-5-7-14(8-6-12)19-4-2/h3,5-8,10-11H,1,4,9H2,2H3. The fraction of sp³-hybridized carbons (Fsp3) is 0.200. The van der Waals surface area contributed by atoms with Crippen LogP contribution in [0.1, 0.15) is 17.4 Å². The average molecular weight is 256 g/mol. The Hall–Kier alpha value is -2.36. The molecule has 2 aromatic rings. The first-order valence-electron chi connectivity index (χ1n) is 6.15. The molecule has 0 aliphatic carbocycles. The summed E-state index contributed by atoms with van der Waals surface area (Å²) in [5.41, 5.74) is 2.27. The Kier molecular flexibility index (Phi) is 4.13. The van der Waals surface area contributed by atoms with Crippen LogP contribution < -0.4 is 4.74 Å². The summed E-state index contributed by atoms with van der Waals surface area (Å²) in [6.07, 6.45) is 2.51. The molecule has 4 nitrogen and oxygen atoms in total. The molecule has 0 saturated carbocycles. The molecular formula is C15H16N2O2. The van der Waals surface area contributed by atoms with Gasteiger partial charge in [-0.3, -0.25) is 9.48 Å². The predicted octanol–water partition coefficient (Wildman–Crippen LogP) is 2.95. The maximum absolute atomic E-state index is 11.0. The Balaban J connectivity index is 2.30. The number of aldehydes is 1. The van der Waals surface area contributed by atoms with Gasteiger partial charge in [0.1, 0.15) is 11.4 Å². The molecule has 1 heterocycles. The van der Waals surface area contributed by atoms with Crippen LogP contribution in [-0.2, 0) is 6.54 Å². The van der Waals surface area contributed by atoms with Crippen LogP contribution in [0.25, 0.3) is 11.3 Å². The summed E-state index contributed by atoms with van der Waals surface area (Å²) >= 11 is 0. The summed E-state index contributed by atoms with van der Waals surface area (Å²) in [5.74, 6) is 0.826. The number of aromatic nitrogens is 2. The number of ether oxygens (including phenoxy) is 1. The zero-order valence-electron chi connectivity index (χ0n) is 10.9. The van der Waals surface area contributed by atoms with Crippen LogP contribution in [0.5, 0.6) is 5.75 Å². The van der Waals surface area contributed by atoms with Crippen molar-refractivity contribution in [3.05, 3.63) is 48.7 Å². The Morgan fingerprint density at radius 3 is 2.68 bits per heavy atom. The smallest absolute Gasteiger partial charge is 0.168 e. The van der Waals surface area contributed by atoms with Gasteiger partial charge in [-0.2, -0.15) is 5.10 Å². The number of hydrogen-bond donors (Lipinski definition) is 0. The predicted molar refractivity (Wildman–Crippen MR) is 74.4 cm³/mol. The second-order valence-corrected chi connectivity index (χ2v) is 4.00. The van der Waals surface area contributed by atoms with Gasteiger partial charge in [0, 0.05) is 5.56 Å². The van der Waals surface area contributed by atoms with Gasteiger partial charge in [0.05, 0.1) is 18.8 Å². The molecule has 1 aromatic carbocycles. The quantitative estimate of drug-likeness (QED) is 0.589. The Morgan fingerprint density at radius 2 is 2.11 bits per heavy atom. The van der Waals surface area contributed by atoms with Crippen molar-refractivity contribution in [2.45, 2.75) is 13.5 Å². The molecule has 0 fully saturated rings. The van der Waals surface area contributed by atoms with E-state index in [2.05, 4.69) is 11.7 Å². The van der Waals surface area contributed by atoms with Gasteiger partial charge in [-0.1, -0.05) is 6.08 Å². The zero-order valence-corrected chi connectivity index (χ0v) is 10.9. The van der Waals surface area contributed by atoms with E-state index in [9.17, 15) is 4.79 Å². The zero-order chi connectivity index (χ0) is 13.7. The highest BCUT2D eigenvalue weighted by Gasteiger charge is 2.08. The van der Waals surface area contributed by atoms with Crippen molar-refractivity contribution in [1.82, 2.24) is 9.78 Å². The van der Waals surface area contributed by atoms with Gasteiger partial charge in [0.15, 0.2) is 6.29 Å². The van der Waals surface area contributed by atoms with E-state index in [0.29, 0.717) is 18.8 Å². The van der Waals surface area contributed by atoms with Crippen molar-refractivity contribution in [3.8, 4) is 17.0 Å². The van der Waals surface area contributed by atoms with Crippen molar-refractivity contribution in [1.29, 1.82) is 0 Å². The summed E-state index contributed by atoms with van der Waals surface area (Å²) < 4.78 is 7.02. The molecule has 0 aliphatic heterocycles. The summed E-state index contributed by atoms with van der Waals surface area (Å²) in [6.45, 7) is 6.76. The topological polar surface area (TPSA) is 44.1 Å². The van der Waals surface area contributed by atoms with Crippen molar-refractivity contribution in [2.75, 3.05) is 6.61 Å². The first kappa shape index (κ1) is 13.1. The number of carbonyl (C=O) groups excluding carboxylic acids is 1. The summed E-state index contributed by atoms with van der Waals surface area (Å²) in [4.78, 5) is 11.0. The van der Waals surface area contributed by atoms with Gasteiger partial charge < -0.3 is 4.74 Å². The molecule has 0 aliphatic rings. The molecule has 0 radical (unpaired) electrons. The normalized spacial score (nSPS) is 10.2. The molecule has 0 atom stereocenters. The van der Waals surface area contributed by atoms with Crippen LogP contribution in [0, 0.1) is 0 Å². The van der Waals surface area contributed by atoms with E-state index in [0.717, 1.165) is 23.3 Å². The lowest BCUT2D eigenvalue weighted by Crippen LogP contribution is -2.01. The van der Waals surface area contributed by atoms with E-state index < -0.39 is 0 Å². The largest absolute Gasteiger partial charge is 0.494 e.